The van der Waals surface area contributed by atoms with Crippen LogP contribution in [0.15, 0.2) is 18.3 Å². The van der Waals surface area contributed by atoms with Crippen molar-refractivity contribution in [2.45, 2.75) is 27.2 Å². The lowest BCUT2D eigenvalue weighted by Crippen LogP contribution is -2.34. The average molecular weight is 274 g/mol. The Hall–Kier alpha value is -2.09. The van der Waals surface area contributed by atoms with E-state index in [2.05, 4.69) is 23.3 Å². The van der Waals surface area contributed by atoms with Gasteiger partial charge >= 0.3 is 0 Å². The standard InChI is InChI=1S/C15H22N4O/c1-4-8-17-13-6-7-14(18-10-13)15(20)19(5-2)11-12(3)9-16/h6-7,10,12,17H,4-5,8,11H2,1-3H3. The molecule has 1 aromatic rings. The monoisotopic (exact) mass is 274 g/mol. The van der Waals surface area contributed by atoms with Crippen LogP contribution in [0.4, 0.5) is 5.69 Å². The minimum absolute atomic E-state index is 0.128. The number of carbonyl (C=O) groups excluding carboxylic acids is 1. The lowest BCUT2D eigenvalue weighted by molar-refractivity contribution is 0.0747. The lowest BCUT2D eigenvalue weighted by Gasteiger charge is -2.21. The number of nitrogens with one attached hydrogen (secondary N) is 1. The van der Waals surface area contributed by atoms with Crippen molar-refractivity contribution in [1.82, 2.24) is 9.88 Å². The van der Waals surface area contributed by atoms with Crippen molar-refractivity contribution in [3.8, 4) is 6.07 Å². The second-order valence-electron chi connectivity index (χ2n) is 4.73. The highest BCUT2D eigenvalue weighted by Gasteiger charge is 2.17. The fraction of sp³-hybridized carbons (Fsp3) is 0.533. The van der Waals surface area contributed by atoms with E-state index in [9.17, 15) is 4.79 Å². The Labute approximate surface area is 120 Å². The minimum Gasteiger partial charge on any atom is -0.384 e. The van der Waals surface area contributed by atoms with Gasteiger partial charge in [0, 0.05) is 19.6 Å². The van der Waals surface area contributed by atoms with Gasteiger partial charge in [-0.15, -0.1) is 0 Å². The molecule has 0 bridgehead atoms. The molecule has 1 amide bonds. The number of nitrogens with zero attached hydrogens (tertiary/aromatic N) is 3. The highest BCUT2D eigenvalue weighted by molar-refractivity contribution is 5.92. The van der Waals surface area contributed by atoms with Crippen molar-refractivity contribution >= 4 is 11.6 Å². The molecule has 1 N–H and O–H groups in total. The molecular formula is C15H22N4O. The summed E-state index contributed by atoms with van der Waals surface area (Å²) in [6.45, 7) is 7.69. The molecule has 5 heteroatoms. The van der Waals surface area contributed by atoms with Gasteiger partial charge < -0.3 is 10.2 Å². The zero-order valence-corrected chi connectivity index (χ0v) is 12.4. The van der Waals surface area contributed by atoms with Crippen LogP contribution in [0.5, 0.6) is 0 Å². The summed E-state index contributed by atoms with van der Waals surface area (Å²) in [5.74, 6) is -0.305. The van der Waals surface area contributed by atoms with Gasteiger partial charge in [-0.3, -0.25) is 4.79 Å². The Morgan fingerprint density at radius 2 is 2.25 bits per heavy atom. The maximum Gasteiger partial charge on any atom is 0.272 e. The number of aromatic nitrogens is 1. The Morgan fingerprint density at radius 1 is 1.50 bits per heavy atom. The van der Waals surface area contributed by atoms with Gasteiger partial charge in [-0.2, -0.15) is 5.26 Å². The van der Waals surface area contributed by atoms with Crippen molar-refractivity contribution in [3.63, 3.8) is 0 Å². The molecule has 0 aromatic carbocycles. The summed E-state index contributed by atoms with van der Waals surface area (Å²) in [4.78, 5) is 18.1. The van der Waals surface area contributed by atoms with Gasteiger partial charge in [-0.1, -0.05) is 6.92 Å². The summed E-state index contributed by atoms with van der Waals surface area (Å²) in [5, 5.41) is 12.1. The predicted octanol–water partition coefficient (Wildman–Crippen LogP) is 2.53. The van der Waals surface area contributed by atoms with Crippen LogP contribution in [-0.4, -0.2) is 35.4 Å². The molecule has 0 aliphatic heterocycles. The van der Waals surface area contributed by atoms with Gasteiger partial charge in [0.15, 0.2) is 0 Å². The first-order valence-corrected chi connectivity index (χ1v) is 7.01. The molecule has 1 aromatic heterocycles. The van der Waals surface area contributed by atoms with Crippen LogP contribution in [0.25, 0.3) is 0 Å². The molecule has 108 valence electrons. The quantitative estimate of drug-likeness (QED) is 0.829. The highest BCUT2D eigenvalue weighted by atomic mass is 16.2. The van der Waals surface area contributed by atoms with Crippen molar-refractivity contribution in [2.24, 2.45) is 5.92 Å². The number of hydrogen-bond acceptors (Lipinski definition) is 4. The zero-order chi connectivity index (χ0) is 15.0. The van der Waals surface area contributed by atoms with Gasteiger partial charge in [0.25, 0.3) is 5.91 Å². The van der Waals surface area contributed by atoms with Crippen LogP contribution in [-0.2, 0) is 0 Å². The summed E-state index contributed by atoms with van der Waals surface area (Å²) in [5.41, 5.74) is 1.33. The number of anilines is 1. The molecule has 20 heavy (non-hydrogen) atoms. The van der Waals surface area contributed by atoms with Crippen molar-refractivity contribution in [3.05, 3.63) is 24.0 Å². The molecule has 0 fully saturated rings. The van der Waals surface area contributed by atoms with Crippen molar-refractivity contribution < 1.29 is 4.79 Å². The van der Waals surface area contributed by atoms with Crippen LogP contribution >= 0.6 is 0 Å². The van der Waals surface area contributed by atoms with E-state index in [1.807, 2.05) is 13.0 Å². The zero-order valence-electron chi connectivity index (χ0n) is 12.4. The van der Waals surface area contributed by atoms with Crippen LogP contribution in [0.1, 0.15) is 37.7 Å². The number of pyridine rings is 1. The summed E-state index contributed by atoms with van der Waals surface area (Å²) >= 11 is 0. The fourth-order valence-corrected chi connectivity index (χ4v) is 1.78. The molecule has 0 spiro atoms. The molecule has 0 saturated carbocycles. The maximum absolute atomic E-state index is 12.3. The third-order valence-corrected chi connectivity index (χ3v) is 2.95. The Balaban J connectivity index is 2.72. The molecule has 0 aliphatic rings. The second kappa shape index (κ2) is 8.16. The molecule has 1 unspecified atom stereocenters. The number of carbonyl (C=O) groups is 1. The van der Waals surface area contributed by atoms with Gasteiger partial charge in [-0.25, -0.2) is 4.98 Å². The smallest absolute Gasteiger partial charge is 0.272 e. The Bertz CT molecular complexity index is 464. The van der Waals surface area contributed by atoms with Gasteiger partial charge in [0.2, 0.25) is 0 Å². The van der Waals surface area contributed by atoms with E-state index >= 15 is 0 Å². The number of nitriles is 1. The third-order valence-electron chi connectivity index (χ3n) is 2.95. The van der Waals surface area contributed by atoms with E-state index in [0.29, 0.717) is 18.8 Å². The molecule has 0 radical (unpaired) electrons. The minimum atomic E-state index is -0.176. The molecule has 0 aliphatic carbocycles. The SMILES string of the molecule is CCCNc1ccc(C(=O)N(CC)CC(C)C#N)nc1. The maximum atomic E-state index is 12.3. The Morgan fingerprint density at radius 3 is 2.75 bits per heavy atom. The first kappa shape index (κ1) is 16.0. The number of rotatable bonds is 7. The molecule has 1 heterocycles. The summed E-state index contributed by atoms with van der Waals surface area (Å²) < 4.78 is 0. The predicted molar refractivity (Wildman–Crippen MR) is 79.4 cm³/mol. The van der Waals surface area contributed by atoms with E-state index in [1.165, 1.54) is 0 Å². The fourth-order valence-electron chi connectivity index (χ4n) is 1.78. The van der Waals surface area contributed by atoms with Crippen LogP contribution in [0.3, 0.4) is 0 Å². The van der Waals surface area contributed by atoms with Crippen LogP contribution < -0.4 is 5.32 Å². The van der Waals surface area contributed by atoms with Gasteiger partial charge in [0.1, 0.15) is 5.69 Å². The van der Waals surface area contributed by atoms with Gasteiger partial charge in [0.05, 0.1) is 23.9 Å². The van der Waals surface area contributed by atoms with E-state index < -0.39 is 0 Å². The molecule has 1 rings (SSSR count). The van der Waals surface area contributed by atoms with E-state index in [0.717, 1.165) is 18.7 Å². The van der Waals surface area contributed by atoms with Crippen LogP contribution in [0.2, 0.25) is 0 Å². The highest BCUT2D eigenvalue weighted by Crippen LogP contribution is 2.09. The summed E-state index contributed by atoms with van der Waals surface area (Å²) in [7, 11) is 0. The normalized spacial score (nSPS) is 11.5. The van der Waals surface area contributed by atoms with Crippen molar-refractivity contribution in [1.29, 1.82) is 5.26 Å². The van der Waals surface area contributed by atoms with Crippen molar-refractivity contribution in [2.75, 3.05) is 25.0 Å². The molecule has 1 atom stereocenters. The topological polar surface area (TPSA) is 69.0 Å². The number of amides is 1. The summed E-state index contributed by atoms with van der Waals surface area (Å²) in [6, 6.07) is 5.72. The largest absolute Gasteiger partial charge is 0.384 e. The second-order valence-corrected chi connectivity index (χ2v) is 4.73. The lowest BCUT2D eigenvalue weighted by atomic mass is 10.2. The Kier molecular flexibility index (Phi) is 6.51. The number of hydrogen-bond donors (Lipinski definition) is 1. The molecule has 5 nitrogen and oxygen atoms in total. The van der Waals surface area contributed by atoms with Crippen LogP contribution in [0, 0.1) is 17.2 Å². The summed E-state index contributed by atoms with van der Waals surface area (Å²) in [6.07, 6.45) is 2.71. The van der Waals surface area contributed by atoms with Gasteiger partial charge in [-0.05, 0) is 32.4 Å². The van der Waals surface area contributed by atoms with E-state index in [1.54, 1.807) is 24.1 Å². The molecular weight excluding hydrogens is 252 g/mol. The molecule has 0 saturated heterocycles. The third kappa shape index (κ3) is 4.54. The first-order chi connectivity index (χ1) is 9.62. The van der Waals surface area contributed by atoms with E-state index in [4.69, 9.17) is 5.26 Å². The first-order valence-electron chi connectivity index (χ1n) is 7.01. The average Bonchev–Trinajstić information content (AvgIpc) is 2.50. The van der Waals surface area contributed by atoms with E-state index in [-0.39, 0.29) is 11.8 Å².